The molecule has 2 saturated heterocycles. The van der Waals surface area contributed by atoms with Crippen LogP contribution in [0.4, 0.5) is 0 Å². The van der Waals surface area contributed by atoms with Gasteiger partial charge >= 0.3 is 5.97 Å². The van der Waals surface area contributed by atoms with E-state index in [2.05, 4.69) is 5.32 Å². The molecule has 0 aromatic heterocycles. The zero-order chi connectivity index (χ0) is 22.8. The number of carbonyl (C=O) groups is 2. The molecule has 9 nitrogen and oxygen atoms in total. The molecule has 2 N–H and O–H groups in total. The SMILES string of the molecule is CC(=O)NC1C(OC(=N)C(Cl)(Cl)Cl)OC2COC(c3ccccc3)OC2C1OC(C)=O. The zero-order valence-corrected chi connectivity index (χ0v) is 18.8. The molecule has 2 fully saturated rings. The van der Waals surface area contributed by atoms with Crippen LogP contribution in [0.15, 0.2) is 30.3 Å². The van der Waals surface area contributed by atoms with E-state index >= 15 is 0 Å². The Hall–Kier alpha value is -1.62. The zero-order valence-electron chi connectivity index (χ0n) is 16.5. The molecule has 6 atom stereocenters. The number of amides is 1. The van der Waals surface area contributed by atoms with Crippen LogP contribution in [0, 0.1) is 5.41 Å². The van der Waals surface area contributed by atoms with Crippen LogP contribution in [0.1, 0.15) is 25.7 Å². The lowest BCUT2D eigenvalue weighted by molar-refractivity contribution is -0.336. The van der Waals surface area contributed by atoms with Gasteiger partial charge < -0.3 is 29.0 Å². The molecule has 0 bridgehead atoms. The Kier molecular flexibility index (Phi) is 7.67. The molecule has 12 heteroatoms. The van der Waals surface area contributed by atoms with Crippen LogP contribution < -0.4 is 5.32 Å². The fraction of sp³-hybridized carbons (Fsp3) is 0.526. The van der Waals surface area contributed by atoms with Crippen LogP contribution in [0.3, 0.4) is 0 Å². The van der Waals surface area contributed by atoms with E-state index < -0.39 is 58.5 Å². The van der Waals surface area contributed by atoms with Crippen molar-refractivity contribution in [1.29, 1.82) is 5.41 Å². The number of fused-ring (bicyclic) bond motifs is 1. The molecular weight excluding hydrogens is 475 g/mol. The highest BCUT2D eigenvalue weighted by Gasteiger charge is 2.54. The van der Waals surface area contributed by atoms with Crippen molar-refractivity contribution < 1.29 is 33.3 Å². The average molecular weight is 496 g/mol. The average Bonchev–Trinajstić information content (AvgIpc) is 2.69. The highest BCUT2D eigenvalue weighted by atomic mass is 35.6. The quantitative estimate of drug-likeness (QED) is 0.285. The molecular formula is C19H21Cl3N2O7. The number of hydrogen-bond donors (Lipinski definition) is 2. The summed E-state index contributed by atoms with van der Waals surface area (Å²) in [7, 11) is 0. The molecule has 1 aromatic rings. The van der Waals surface area contributed by atoms with E-state index in [0.717, 1.165) is 5.56 Å². The molecule has 170 valence electrons. The molecule has 2 aliphatic rings. The van der Waals surface area contributed by atoms with E-state index in [1.807, 2.05) is 30.3 Å². The number of alkyl halides is 3. The van der Waals surface area contributed by atoms with Crippen molar-refractivity contribution >= 4 is 52.6 Å². The second kappa shape index (κ2) is 9.89. The van der Waals surface area contributed by atoms with Gasteiger partial charge in [-0.15, -0.1) is 0 Å². The molecule has 2 aliphatic heterocycles. The van der Waals surface area contributed by atoms with E-state index in [1.165, 1.54) is 13.8 Å². The monoisotopic (exact) mass is 494 g/mol. The van der Waals surface area contributed by atoms with E-state index in [1.54, 1.807) is 0 Å². The Morgan fingerprint density at radius 2 is 1.81 bits per heavy atom. The van der Waals surface area contributed by atoms with Gasteiger partial charge in [0.1, 0.15) is 18.2 Å². The number of esters is 1. The first-order valence-corrected chi connectivity index (χ1v) is 10.4. The van der Waals surface area contributed by atoms with Crippen molar-refractivity contribution in [3.63, 3.8) is 0 Å². The largest absolute Gasteiger partial charge is 0.457 e. The van der Waals surface area contributed by atoms with E-state index in [0.29, 0.717) is 0 Å². The molecule has 31 heavy (non-hydrogen) atoms. The highest BCUT2D eigenvalue weighted by molar-refractivity contribution is 6.76. The third-order valence-electron chi connectivity index (χ3n) is 4.57. The summed E-state index contributed by atoms with van der Waals surface area (Å²) in [5.74, 6) is -1.79. The van der Waals surface area contributed by atoms with Crippen molar-refractivity contribution in [2.45, 2.75) is 54.6 Å². The van der Waals surface area contributed by atoms with Gasteiger partial charge in [-0.1, -0.05) is 65.1 Å². The Balaban J connectivity index is 1.89. The normalized spacial score (nSPS) is 30.6. The molecule has 1 aromatic carbocycles. The maximum Gasteiger partial charge on any atom is 0.303 e. The topological polar surface area (TPSA) is 116 Å². The van der Waals surface area contributed by atoms with Crippen LogP contribution >= 0.6 is 34.8 Å². The van der Waals surface area contributed by atoms with Crippen LogP contribution in [0.25, 0.3) is 0 Å². The molecule has 0 aliphatic carbocycles. The van der Waals surface area contributed by atoms with Gasteiger partial charge in [0.2, 0.25) is 18.1 Å². The first kappa shape index (κ1) is 24.0. The van der Waals surface area contributed by atoms with E-state index in [4.69, 9.17) is 63.9 Å². The van der Waals surface area contributed by atoms with Gasteiger partial charge in [-0.3, -0.25) is 15.0 Å². The third kappa shape index (κ3) is 6.00. The van der Waals surface area contributed by atoms with Gasteiger partial charge in [-0.2, -0.15) is 0 Å². The maximum absolute atomic E-state index is 11.9. The van der Waals surface area contributed by atoms with Gasteiger partial charge in [0.15, 0.2) is 12.4 Å². The van der Waals surface area contributed by atoms with E-state index in [9.17, 15) is 9.59 Å². The summed E-state index contributed by atoms with van der Waals surface area (Å²) in [6, 6.07) is 8.13. The van der Waals surface area contributed by atoms with Gasteiger partial charge in [-0.05, 0) is 0 Å². The van der Waals surface area contributed by atoms with Crippen molar-refractivity contribution in [2.75, 3.05) is 6.61 Å². The molecule has 0 spiro atoms. The maximum atomic E-state index is 11.9. The summed E-state index contributed by atoms with van der Waals surface area (Å²) >= 11 is 17.1. The van der Waals surface area contributed by atoms with Gasteiger partial charge in [-0.25, -0.2) is 0 Å². The Bertz CT molecular complexity index is 820. The van der Waals surface area contributed by atoms with Crippen LogP contribution in [-0.2, 0) is 33.3 Å². The summed E-state index contributed by atoms with van der Waals surface area (Å²) in [6.45, 7) is 2.56. The summed E-state index contributed by atoms with van der Waals surface area (Å²) in [6.07, 6.45) is -4.62. The highest BCUT2D eigenvalue weighted by Crippen LogP contribution is 2.37. The molecule has 3 rings (SSSR count). The van der Waals surface area contributed by atoms with Crippen molar-refractivity contribution in [2.24, 2.45) is 0 Å². The van der Waals surface area contributed by atoms with Crippen molar-refractivity contribution in [1.82, 2.24) is 5.32 Å². The predicted molar refractivity (Wildman–Crippen MR) is 111 cm³/mol. The van der Waals surface area contributed by atoms with Crippen molar-refractivity contribution in [3.8, 4) is 0 Å². The van der Waals surface area contributed by atoms with Gasteiger partial charge in [0, 0.05) is 19.4 Å². The number of hydrogen-bond acceptors (Lipinski definition) is 8. The summed E-state index contributed by atoms with van der Waals surface area (Å²) in [5, 5.41) is 10.5. The van der Waals surface area contributed by atoms with Crippen molar-refractivity contribution in [3.05, 3.63) is 35.9 Å². The summed E-state index contributed by atoms with van der Waals surface area (Å²) in [5.41, 5.74) is 0.759. The number of benzene rings is 1. The lowest BCUT2D eigenvalue weighted by Gasteiger charge is -2.48. The Morgan fingerprint density at radius 3 is 2.39 bits per heavy atom. The second-order valence-corrected chi connectivity index (χ2v) is 9.25. The molecule has 2 heterocycles. The number of nitrogens with one attached hydrogen (secondary N) is 2. The third-order valence-corrected chi connectivity index (χ3v) is 5.09. The van der Waals surface area contributed by atoms with Gasteiger partial charge in [0.05, 0.1) is 6.61 Å². The second-order valence-electron chi connectivity index (χ2n) is 6.96. The lowest BCUT2D eigenvalue weighted by atomic mass is 9.95. The number of halogens is 3. The fourth-order valence-corrected chi connectivity index (χ4v) is 3.49. The number of carbonyl (C=O) groups excluding carboxylic acids is 2. The minimum Gasteiger partial charge on any atom is -0.457 e. The van der Waals surface area contributed by atoms with Crippen LogP contribution in [0.2, 0.25) is 0 Å². The lowest BCUT2D eigenvalue weighted by Crippen LogP contribution is -2.68. The minimum absolute atomic E-state index is 0.0652. The predicted octanol–water partition coefficient (Wildman–Crippen LogP) is 2.63. The molecule has 0 saturated carbocycles. The standard InChI is InChI=1S/C19H21Cl3N2O7/c1-9(25)24-13-15(28-10(2)26)14-12(29-17(13)31-18(23)19(20,21)22)8-27-16(30-14)11-6-4-3-5-7-11/h3-7,12-17,23H,8H2,1-2H3,(H,24,25). The first-order chi connectivity index (χ1) is 14.6. The van der Waals surface area contributed by atoms with Gasteiger partial charge in [0.25, 0.3) is 3.79 Å². The minimum atomic E-state index is -2.16. The number of rotatable bonds is 4. The Morgan fingerprint density at radius 1 is 1.13 bits per heavy atom. The smallest absolute Gasteiger partial charge is 0.303 e. The number of ether oxygens (including phenoxy) is 5. The van der Waals surface area contributed by atoms with Crippen LogP contribution in [-0.4, -0.2) is 58.8 Å². The fourth-order valence-electron chi connectivity index (χ4n) is 3.35. The molecule has 0 radical (unpaired) electrons. The van der Waals surface area contributed by atoms with E-state index in [-0.39, 0.29) is 6.61 Å². The van der Waals surface area contributed by atoms with Crippen LogP contribution in [0.5, 0.6) is 0 Å². The summed E-state index contributed by atoms with van der Waals surface area (Å²) in [4.78, 5) is 23.7. The molecule has 6 unspecified atom stereocenters. The first-order valence-electron chi connectivity index (χ1n) is 9.30. The molecule has 1 amide bonds. The Labute approximate surface area is 193 Å². The summed E-state index contributed by atoms with van der Waals surface area (Å²) < 4.78 is 26.4.